The molecule has 3 heterocycles. The quantitative estimate of drug-likeness (QED) is 0.101. The molecule has 260 valence electrons. The Morgan fingerprint density at radius 2 is 1.80 bits per heavy atom. The Hall–Kier alpha value is -4.21. The lowest BCUT2D eigenvalue weighted by atomic mass is 10.1. The molecule has 1 amide bonds. The summed E-state index contributed by atoms with van der Waals surface area (Å²) in [5, 5.41) is 12.8. The SMILES string of the molecule is Cc1ccc(S(=O)(=O)OCCOCCOc2ccc(CN3CCN(C(=O)C=Cc4ccc(Cl)cc4Cn4nnc(C)n4)[C@H](C)C3)nc2)cc1. The Kier molecular flexibility index (Phi) is 12.5. The van der Waals surface area contributed by atoms with Gasteiger partial charge in [-0.25, -0.2) is 0 Å². The van der Waals surface area contributed by atoms with Crippen molar-refractivity contribution in [1.82, 2.24) is 35.0 Å². The van der Waals surface area contributed by atoms with Gasteiger partial charge in [0.2, 0.25) is 5.91 Å². The molecule has 15 heteroatoms. The first-order valence-corrected chi connectivity index (χ1v) is 17.7. The molecule has 49 heavy (non-hydrogen) atoms. The van der Waals surface area contributed by atoms with Gasteiger partial charge < -0.3 is 14.4 Å². The van der Waals surface area contributed by atoms with E-state index in [4.69, 9.17) is 25.3 Å². The summed E-state index contributed by atoms with van der Waals surface area (Å²) in [6.07, 6.45) is 5.09. The van der Waals surface area contributed by atoms with Gasteiger partial charge in [-0.15, -0.1) is 10.2 Å². The van der Waals surface area contributed by atoms with E-state index < -0.39 is 10.1 Å². The first-order chi connectivity index (χ1) is 23.6. The first kappa shape index (κ1) is 36.1. The van der Waals surface area contributed by atoms with Crippen LogP contribution in [0.1, 0.15) is 35.1 Å². The fraction of sp³-hybridized carbons (Fsp3) is 0.382. The summed E-state index contributed by atoms with van der Waals surface area (Å²) < 4.78 is 40.6. The Labute approximate surface area is 291 Å². The molecule has 2 aromatic heterocycles. The van der Waals surface area contributed by atoms with Crippen LogP contribution in [0.4, 0.5) is 0 Å². The molecule has 0 radical (unpaired) electrons. The van der Waals surface area contributed by atoms with Crippen molar-refractivity contribution < 1.29 is 26.9 Å². The van der Waals surface area contributed by atoms with E-state index in [0.717, 1.165) is 35.5 Å². The largest absolute Gasteiger partial charge is 0.490 e. The predicted molar refractivity (Wildman–Crippen MR) is 183 cm³/mol. The second-order valence-electron chi connectivity index (χ2n) is 11.7. The number of halogens is 1. The van der Waals surface area contributed by atoms with Crippen molar-refractivity contribution >= 4 is 33.7 Å². The second kappa shape index (κ2) is 16.9. The summed E-state index contributed by atoms with van der Waals surface area (Å²) in [6, 6.07) is 15.8. The van der Waals surface area contributed by atoms with Crippen molar-refractivity contribution in [2.45, 2.75) is 44.8 Å². The third-order valence-corrected chi connectivity index (χ3v) is 9.39. The van der Waals surface area contributed by atoms with Crippen LogP contribution in [0.3, 0.4) is 0 Å². The van der Waals surface area contributed by atoms with E-state index in [-0.39, 0.29) is 43.3 Å². The standard InChI is InChI=1S/C34H40ClN7O6S/c1-25-4-11-33(12-5-25)49(44,45)48-19-17-46-16-18-47-32-10-9-31(36-21-32)24-40-14-15-41(26(2)22-40)34(43)13-7-28-6-8-30(35)20-29(28)23-42-38-27(3)37-39-42/h4-13,20-21,26H,14-19,22-24H2,1-3H3/t26-/m1/s1. The minimum Gasteiger partial charge on any atom is -0.490 e. The van der Waals surface area contributed by atoms with Gasteiger partial charge in [-0.3, -0.25) is 18.9 Å². The van der Waals surface area contributed by atoms with Crippen molar-refractivity contribution in [2.24, 2.45) is 0 Å². The van der Waals surface area contributed by atoms with Crippen LogP contribution >= 0.6 is 11.6 Å². The summed E-state index contributed by atoms with van der Waals surface area (Å²) in [5.74, 6) is 1.14. The van der Waals surface area contributed by atoms with Crippen LogP contribution in [0.5, 0.6) is 5.75 Å². The van der Waals surface area contributed by atoms with Crippen LogP contribution in [0.15, 0.2) is 71.8 Å². The van der Waals surface area contributed by atoms with Gasteiger partial charge in [0.05, 0.1) is 43.2 Å². The molecule has 1 aliphatic heterocycles. The fourth-order valence-electron chi connectivity index (χ4n) is 5.29. The number of nitrogens with zero attached hydrogens (tertiary/aromatic N) is 7. The van der Waals surface area contributed by atoms with E-state index in [0.29, 0.717) is 36.2 Å². The number of tetrazole rings is 1. The molecule has 2 aromatic carbocycles. The second-order valence-corrected chi connectivity index (χ2v) is 13.7. The maximum absolute atomic E-state index is 13.2. The van der Waals surface area contributed by atoms with E-state index in [2.05, 4.69) is 25.3 Å². The van der Waals surface area contributed by atoms with Gasteiger partial charge in [0, 0.05) is 43.3 Å². The summed E-state index contributed by atoms with van der Waals surface area (Å²) in [6.45, 7) is 9.38. The maximum Gasteiger partial charge on any atom is 0.297 e. The number of pyridine rings is 1. The molecule has 1 atom stereocenters. The van der Waals surface area contributed by atoms with Crippen LogP contribution < -0.4 is 4.74 Å². The van der Waals surface area contributed by atoms with Crippen molar-refractivity contribution in [1.29, 1.82) is 0 Å². The van der Waals surface area contributed by atoms with Gasteiger partial charge in [-0.2, -0.15) is 13.2 Å². The molecule has 1 saturated heterocycles. The molecular formula is C34H40ClN7O6S. The fourth-order valence-corrected chi connectivity index (χ4v) is 6.38. The Balaban J connectivity index is 1.01. The van der Waals surface area contributed by atoms with Crippen LogP contribution in [-0.2, 0) is 36.9 Å². The number of ether oxygens (including phenoxy) is 2. The monoisotopic (exact) mass is 709 g/mol. The number of hydrogen-bond donors (Lipinski definition) is 0. The lowest BCUT2D eigenvalue weighted by Crippen LogP contribution is -2.53. The number of rotatable bonds is 15. The lowest BCUT2D eigenvalue weighted by molar-refractivity contribution is -0.130. The lowest BCUT2D eigenvalue weighted by Gasteiger charge is -2.39. The number of amides is 1. The smallest absolute Gasteiger partial charge is 0.297 e. The highest BCUT2D eigenvalue weighted by Crippen LogP contribution is 2.20. The Morgan fingerprint density at radius 3 is 2.51 bits per heavy atom. The Morgan fingerprint density at radius 1 is 1.00 bits per heavy atom. The maximum atomic E-state index is 13.2. The molecular weight excluding hydrogens is 670 g/mol. The van der Waals surface area contributed by atoms with Gasteiger partial charge in [0.25, 0.3) is 10.1 Å². The summed E-state index contributed by atoms with van der Waals surface area (Å²) in [4.78, 5) is 23.5. The molecule has 0 bridgehead atoms. The molecule has 0 unspecified atom stereocenters. The Bertz CT molecular complexity index is 1830. The summed E-state index contributed by atoms with van der Waals surface area (Å²) in [5.41, 5.74) is 3.62. The van der Waals surface area contributed by atoms with Crippen molar-refractivity contribution in [3.63, 3.8) is 0 Å². The van der Waals surface area contributed by atoms with Gasteiger partial charge in [-0.1, -0.05) is 35.4 Å². The molecule has 0 aliphatic carbocycles. The first-order valence-electron chi connectivity index (χ1n) is 15.9. The minimum absolute atomic E-state index is 0.0219. The van der Waals surface area contributed by atoms with Gasteiger partial charge >= 0.3 is 0 Å². The minimum atomic E-state index is -3.81. The average Bonchev–Trinajstić information content (AvgIpc) is 3.49. The van der Waals surface area contributed by atoms with E-state index >= 15 is 0 Å². The topological polar surface area (TPSA) is 142 Å². The third-order valence-electron chi connectivity index (χ3n) is 7.83. The van der Waals surface area contributed by atoms with E-state index in [1.54, 1.807) is 37.4 Å². The van der Waals surface area contributed by atoms with Crippen LogP contribution in [-0.4, -0.2) is 101 Å². The highest BCUT2D eigenvalue weighted by molar-refractivity contribution is 7.86. The molecule has 1 aliphatic rings. The number of piperazine rings is 1. The molecule has 4 aromatic rings. The van der Waals surface area contributed by atoms with E-state index in [1.165, 1.54) is 16.9 Å². The average molecular weight is 710 g/mol. The number of aryl methyl sites for hydroxylation is 2. The van der Waals surface area contributed by atoms with Crippen molar-refractivity contribution in [2.75, 3.05) is 46.1 Å². The number of carbonyl (C=O) groups is 1. The van der Waals surface area contributed by atoms with Crippen LogP contribution in [0, 0.1) is 13.8 Å². The van der Waals surface area contributed by atoms with E-state index in [9.17, 15) is 13.2 Å². The molecule has 1 fully saturated rings. The van der Waals surface area contributed by atoms with Crippen LogP contribution in [0.25, 0.3) is 6.08 Å². The van der Waals surface area contributed by atoms with Crippen molar-refractivity contribution in [3.05, 3.63) is 100 Å². The normalized spacial score (nSPS) is 15.6. The van der Waals surface area contributed by atoms with Crippen LogP contribution in [0.2, 0.25) is 5.02 Å². The highest BCUT2D eigenvalue weighted by Gasteiger charge is 2.26. The zero-order valence-electron chi connectivity index (χ0n) is 27.7. The number of aromatic nitrogens is 5. The molecule has 0 spiro atoms. The summed E-state index contributed by atoms with van der Waals surface area (Å²) >= 11 is 6.24. The molecule has 13 nitrogen and oxygen atoms in total. The predicted octanol–water partition coefficient (Wildman–Crippen LogP) is 3.93. The zero-order valence-corrected chi connectivity index (χ0v) is 29.3. The highest BCUT2D eigenvalue weighted by atomic mass is 35.5. The number of benzene rings is 2. The summed E-state index contributed by atoms with van der Waals surface area (Å²) in [7, 11) is -3.81. The van der Waals surface area contributed by atoms with E-state index in [1.807, 2.05) is 49.1 Å². The number of hydrogen-bond acceptors (Lipinski definition) is 11. The molecule has 5 rings (SSSR count). The third kappa shape index (κ3) is 10.6. The van der Waals surface area contributed by atoms with Gasteiger partial charge in [-0.05, 0) is 79.6 Å². The zero-order chi connectivity index (χ0) is 34.8. The van der Waals surface area contributed by atoms with Gasteiger partial charge in [0.15, 0.2) is 5.82 Å². The molecule has 0 N–H and O–H groups in total. The number of carbonyl (C=O) groups excluding carboxylic acids is 1. The molecule has 0 saturated carbocycles. The van der Waals surface area contributed by atoms with Crippen molar-refractivity contribution in [3.8, 4) is 5.75 Å². The van der Waals surface area contributed by atoms with Gasteiger partial charge in [0.1, 0.15) is 12.4 Å².